The molecule has 134 valence electrons. The maximum atomic E-state index is 9.83. The van der Waals surface area contributed by atoms with E-state index in [1.54, 1.807) is 6.07 Å². The number of benzene rings is 2. The second-order valence-electron chi connectivity index (χ2n) is 6.68. The summed E-state index contributed by atoms with van der Waals surface area (Å²) in [5, 5.41) is 9.83. The van der Waals surface area contributed by atoms with E-state index in [1.165, 1.54) is 11.1 Å². The van der Waals surface area contributed by atoms with Gasteiger partial charge in [0.15, 0.2) is 0 Å². The zero-order valence-electron chi connectivity index (χ0n) is 14.3. The van der Waals surface area contributed by atoms with Gasteiger partial charge in [-0.2, -0.15) is 0 Å². The third-order valence-corrected chi connectivity index (χ3v) is 6.02. The van der Waals surface area contributed by atoms with Gasteiger partial charge in [-0.15, -0.1) is 0 Å². The lowest BCUT2D eigenvalue weighted by Crippen LogP contribution is -2.31. The van der Waals surface area contributed by atoms with E-state index < -0.39 is 0 Å². The molecule has 1 saturated heterocycles. The number of phenolic OH excluding ortho intramolecular Hbond substituents is 1. The summed E-state index contributed by atoms with van der Waals surface area (Å²) in [6.45, 7) is 5.45. The highest BCUT2D eigenvalue weighted by Crippen LogP contribution is 2.26. The summed E-state index contributed by atoms with van der Waals surface area (Å²) in [7, 11) is 0. The van der Waals surface area contributed by atoms with E-state index in [1.807, 2.05) is 12.1 Å². The summed E-state index contributed by atoms with van der Waals surface area (Å²) in [5.41, 5.74) is 3.60. The minimum Gasteiger partial charge on any atom is -0.508 e. The van der Waals surface area contributed by atoms with E-state index in [2.05, 4.69) is 61.9 Å². The Morgan fingerprint density at radius 2 is 1.88 bits per heavy atom. The van der Waals surface area contributed by atoms with Crippen LogP contribution in [0.1, 0.15) is 29.5 Å². The molecule has 1 aliphatic heterocycles. The molecule has 1 N–H and O–H groups in total. The Labute approximate surface area is 166 Å². The number of ether oxygens (including phenoxy) is 1. The van der Waals surface area contributed by atoms with Gasteiger partial charge in [0.2, 0.25) is 0 Å². The molecule has 0 amide bonds. The number of rotatable bonds is 6. The second kappa shape index (κ2) is 8.67. The first-order valence-electron chi connectivity index (χ1n) is 8.57. The van der Waals surface area contributed by atoms with E-state index >= 15 is 0 Å². The Hall–Kier alpha value is -0.880. The summed E-state index contributed by atoms with van der Waals surface area (Å²) in [6, 6.07) is 11.9. The lowest BCUT2D eigenvalue weighted by Gasteiger charge is -2.26. The Morgan fingerprint density at radius 3 is 2.60 bits per heavy atom. The van der Waals surface area contributed by atoms with Crippen LogP contribution in [-0.4, -0.2) is 29.3 Å². The molecule has 5 heteroatoms. The molecule has 0 aromatic heterocycles. The van der Waals surface area contributed by atoms with Gasteiger partial charge >= 0.3 is 0 Å². The molecule has 1 fully saturated rings. The van der Waals surface area contributed by atoms with E-state index in [4.69, 9.17) is 4.74 Å². The van der Waals surface area contributed by atoms with Gasteiger partial charge in [-0.1, -0.05) is 44.0 Å². The molecule has 0 spiro atoms. The van der Waals surface area contributed by atoms with Gasteiger partial charge in [-0.25, -0.2) is 0 Å². The molecule has 2 aromatic rings. The highest BCUT2D eigenvalue weighted by atomic mass is 79.9. The smallest absolute Gasteiger partial charge is 0.115 e. The highest BCUT2D eigenvalue weighted by Gasteiger charge is 2.21. The van der Waals surface area contributed by atoms with Crippen LogP contribution in [0.2, 0.25) is 0 Å². The maximum Gasteiger partial charge on any atom is 0.115 e. The molecule has 25 heavy (non-hydrogen) atoms. The Balaban J connectivity index is 1.79. The highest BCUT2D eigenvalue weighted by molar-refractivity contribution is 9.10. The Morgan fingerprint density at radius 1 is 1.08 bits per heavy atom. The molecular formula is C20H23Br2NO2. The number of aromatic hydroxyl groups is 1. The van der Waals surface area contributed by atoms with Gasteiger partial charge in [0.1, 0.15) is 5.75 Å². The van der Waals surface area contributed by atoms with Crippen molar-refractivity contribution in [1.29, 1.82) is 0 Å². The largest absolute Gasteiger partial charge is 0.508 e. The predicted octanol–water partition coefficient (Wildman–Crippen LogP) is 5.41. The maximum absolute atomic E-state index is 9.83. The van der Waals surface area contributed by atoms with Crippen LogP contribution in [0.25, 0.3) is 0 Å². The van der Waals surface area contributed by atoms with Crippen molar-refractivity contribution in [3.63, 3.8) is 0 Å². The molecule has 0 aliphatic carbocycles. The summed E-state index contributed by atoms with van der Waals surface area (Å²) < 4.78 is 8.01. The molecule has 2 aromatic carbocycles. The number of aryl methyl sites for hydroxylation is 1. The van der Waals surface area contributed by atoms with Crippen LogP contribution in [-0.2, 0) is 17.8 Å². The van der Waals surface area contributed by atoms with Crippen LogP contribution in [0.4, 0.5) is 0 Å². The molecule has 0 bridgehead atoms. The average Bonchev–Trinajstić information content (AvgIpc) is 3.06. The first-order chi connectivity index (χ1) is 12.0. The van der Waals surface area contributed by atoms with Gasteiger partial charge in [0, 0.05) is 35.2 Å². The molecule has 0 saturated carbocycles. The molecule has 3 rings (SSSR count). The van der Waals surface area contributed by atoms with E-state index in [-0.39, 0.29) is 0 Å². The fourth-order valence-electron chi connectivity index (χ4n) is 3.21. The van der Waals surface area contributed by atoms with Gasteiger partial charge in [0.05, 0.1) is 6.10 Å². The number of halogens is 2. The summed E-state index contributed by atoms with van der Waals surface area (Å²) >= 11 is 7.30. The van der Waals surface area contributed by atoms with Gasteiger partial charge in [-0.05, 0) is 60.7 Å². The zero-order valence-corrected chi connectivity index (χ0v) is 17.5. The van der Waals surface area contributed by atoms with Crippen LogP contribution in [0.5, 0.6) is 5.75 Å². The zero-order chi connectivity index (χ0) is 17.8. The Bertz CT molecular complexity index is 730. The fraction of sp³-hybridized carbons (Fsp3) is 0.400. The van der Waals surface area contributed by atoms with E-state index in [0.29, 0.717) is 11.9 Å². The topological polar surface area (TPSA) is 32.7 Å². The molecular weight excluding hydrogens is 446 g/mol. The van der Waals surface area contributed by atoms with Gasteiger partial charge in [0.25, 0.3) is 0 Å². The third-order valence-electron chi connectivity index (χ3n) is 4.51. The molecule has 1 atom stereocenters. The summed E-state index contributed by atoms with van der Waals surface area (Å²) in [4.78, 5) is 2.39. The van der Waals surface area contributed by atoms with Crippen LogP contribution in [0.3, 0.4) is 0 Å². The minimum absolute atomic E-state index is 0.292. The van der Waals surface area contributed by atoms with Crippen molar-refractivity contribution in [2.75, 3.05) is 13.2 Å². The van der Waals surface area contributed by atoms with Crippen LogP contribution >= 0.6 is 31.9 Å². The van der Waals surface area contributed by atoms with Crippen molar-refractivity contribution in [1.82, 2.24) is 4.90 Å². The monoisotopic (exact) mass is 467 g/mol. The molecule has 1 heterocycles. The number of nitrogens with zero attached hydrogens (tertiary/aromatic N) is 1. The van der Waals surface area contributed by atoms with Crippen LogP contribution in [0.15, 0.2) is 45.3 Å². The van der Waals surface area contributed by atoms with Crippen molar-refractivity contribution >= 4 is 31.9 Å². The number of hydrogen-bond donors (Lipinski definition) is 1. The van der Waals surface area contributed by atoms with Crippen molar-refractivity contribution in [2.24, 2.45) is 0 Å². The predicted molar refractivity (Wildman–Crippen MR) is 108 cm³/mol. The quantitative estimate of drug-likeness (QED) is 0.615. The van der Waals surface area contributed by atoms with Gasteiger partial charge < -0.3 is 9.84 Å². The second-order valence-corrected chi connectivity index (χ2v) is 8.38. The number of phenols is 1. The summed E-state index contributed by atoms with van der Waals surface area (Å²) in [6.07, 6.45) is 2.55. The van der Waals surface area contributed by atoms with Crippen molar-refractivity contribution in [3.8, 4) is 5.75 Å². The lowest BCUT2D eigenvalue weighted by atomic mass is 10.1. The first kappa shape index (κ1) is 18.9. The normalized spacial score (nSPS) is 17.4. The van der Waals surface area contributed by atoms with E-state index in [0.717, 1.165) is 53.6 Å². The molecule has 0 radical (unpaired) electrons. The standard InChI is InChI=1S/C20H23Br2NO2/c1-14-4-5-15(20(22)9-14)11-23(13-18-3-2-8-25-18)12-16-10-17(24)6-7-19(16)21/h4-7,9-10,18,24H,2-3,8,11-13H2,1H3. The minimum atomic E-state index is 0.292. The van der Waals surface area contributed by atoms with Crippen molar-refractivity contribution in [3.05, 3.63) is 62.0 Å². The fourth-order valence-corrected chi connectivity index (χ4v) is 4.20. The molecule has 1 unspecified atom stereocenters. The van der Waals surface area contributed by atoms with Gasteiger partial charge in [-0.3, -0.25) is 4.90 Å². The van der Waals surface area contributed by atoms with Crippen molar-refractivity contribution < 1.29 is 9.84 Å². The lowest BCUT2D eigenvalue weighted by molar-refractivity contribution is 0.0677. The van der Waals surface area contributed by atoms with Crippen LogP contribution < -0.4 is 0 Å². The van der Waals surface area contributed by atoms with Crippen LogP contribution in [0, 0.1) is 6.92 Å². The Kier molecular flexibility index (Phi) is 6.55. The summed E-state index contributed by atoms with van der Waals surface area (Å²) in [5.74, 6) is 0.298. The van der Waals surface area contributed by atoms with E-state index in [9.17, 15) is 5.11 Å². The van der Waals surface area contributed by atoms with Crippen molar-refractivity contribution in [2.45, 2.75) is 39.0 Å². The molecule has 3 nitrogen and oxygen atoms in total. The SMILES string of the molecule is Cc1ccc(CN(Cc2cc(O)ccc2Br)CC2CCCO2)c(Br)c1. The average molecular weight is 469 g/mol. The first-order valence-corrected chi connectivity index (χ1v) is 10.2. The number of hydrogen-bond acceptors (Lipinski definition) is 3. The molecule has 1 aliphatic rings. The third kappa shape index (κ3) is 5.30.